The second-order valence-corrected chi connectivity index (χ2v) is 4.93. The summed E-state index contributed by atoms with van der Waals surface area (Å²) in [6.07, 6.45) is 1.36. The zero-order chi connectivity index (χ0) is 14.7. The molecule has 0 spiro atoms. The van der Waals surface area contributed by atoms with E-state index in [1.807, 2.05) is 6.07 Å². The second-order valence-electron chi connectivity index (χ2n) is 3.64. The number of hydrogen-bond donors (Lipinski definition) is 1. The third kappa shape index (κ3) is 2.90. The number of pyridine rings is 1. The molecule has 1 aromatic carbocycles. The zero-order valence-electron chi connectivity index (χ0n) is 9.80. The standard InChI is InChI=1S/C13H6BrClN2O3/c14-8-1-2-10(9(5-8)13(18)19)20-12-11(15)7(6-16)3-4-17-12/h1-5H,(H,18,19). The first-order chi connectivity index (χ1) is 9.52. The Balaban J connectivity index is 2.46. The van der Waals surface area contributed by atoms with Gasteiger partial charge in [0.2, 0.25) is 5.88 Å². The van der Waals surface area contributed by atoms with Gasteiger partial charge in [-0.3, -0.25) is 0 Å². The number of aromatic carboxylic acids is 1. The van der Waals surface area contributed by atoms with Gasteiger partial charge < -0.3 is 9.84 Å². The van der Waals surface area contributed by atoms with Crippen molar-refractivity contribution in [3.8, 4) is 17.7 Å². The highest BCUT2D eigenvalue weighted by Crippen LogP contribution is 2.32. The average Bonchev–Trinajstić information content (AvgIpc) is 2.42. The Morgan fingerprint density at radius 1 is 1.45 bits per heavy atom. The van der Waals surface area contributed by atoms with Crippen LogP contribution in [0.3, 0.4) is 0 Å². The first kappa shape index (κ1) is 14.3. The van der Waals surface area contributed by atoms with E-state index in [2.05, 4.69) is 20.9 Å². The summed E-state index contributed by atoms with van der Waals surface area (Å²) in [5, 5.41) is 18.0. The van der Waals surface area contributed by atoms with Crippen LogP contribution in [0.1, 0.15) is 15.9 Å². The van der Waals surface area contributed by atoms with E-state index >= 15 is 0 Å². The van der Waals surface area contributed by atoms with E-state index in [0.717, 1.165) is 0 Å². The van der Waals surface area contributed by atoms with Gasteiger partial charge in [0.15, 0.2) is 0 Å². The summed E-state index contributed by atoms with van der Waals surface area (Å²) in [5.74, 6) is -1.07. The molecule has 1 heterocycles. The Kier molecular flexibility index (Phi) is 4.23. The van der Waals surface area contributed by atoms with Crippen LogP contribution in [0.4, 0.5) is 0 Å². The van der Waals surface area contributed by atoms with E-state index < -0.39 is 5.97 Å². The van der Waals surface area contributed by atoms with Crippen molar-refractivity contribution in [1.29, 1.82) is 5.26 Å². The van der Waals surface area contributed by atoms with Gasteiger partial charge in [0, 0.05) is 10.7 Å². The van der Waals surface area contributed by atoms with Crippen molar-refractivity contribution in [2.24, 2.45) is 0 Å². The van der Waals surface area contributed by atoms with E-state index in [9.17, 15) is 4.79 Å². The van der Waals surface area contributed by atoms with Gasteiger partial charge in [-0.2, -0.15) is 5.26 Å². The van der Waals surface area contributed by atoms with E-state index in [4.69, 9.17) is 26.7 Å². The minimum absolute atomic E-state index is 0.0180. The van der Waals surface area contributed by atoms with Crippen molar-refractivity contribution in [3.63, 3.8) is 0 Å². The van der Waals surface area contributed by atoms with Gasteiger partial charge in [-0.25, -0.2) is 9.78 Å². The Labute approximate surface area is 127 Å². The van der Waals surface area contributed by atoms with Crippen molar-refractivity contribution in [1.82, 2.24) is 4.98 Å². The van der Waals surface area contributed by atoms with Gasteiger partial charge in [0.25, 0.3) is 0 Å². The summed E-state index contributed by atoms with van der Waals surface area (Å²) < 4.78 is 6.01. The summed E-state index contributed by atoms with van der Waals surface area (Å²) >= 11 is 9.14. The molecule has 0 radical (unpaired) electrons. The van der Waals surface area contributed by atoms with Crippen LogP contribution in [0.5, 0.6) is 11.6 Å². The maximum absolute atomic E-state index is 11.2. The molecular formula is C13H6BrClN2O3. The highest BCUT2D eigenvalue weighted by atomic mass is 79.9. The molecule has 2 aromatic rings. The maximum atomic E-state index is 11.2. The molecule has 1 N–H and O–H groups in total. The molecule has 0 unspecified atom stereocenters. The fourth-order valence-electron chi connectivity index (χ4n) is 1.44. The summed E-state index contributed by atoms with van der Waals surface area (Å²) in [6, 6.07) is 7.84. The molecule has 0 aliphatic heterocycles. The number of carboxylic acids is 1. The summed E-state index contributed by atoms with van der Waals surface area (Å²) in [4.78, 5) is 15.1. The van der Waals surface area contributed by atoms with Crippen LogP contribution in [0.25, 0.3) is 0 Å². The number of halogens is 2. The van der Waals surface area contributed by atoms with Crippen molar-refractivity contribution >= 4 is 33.5 Å². The SMILES string of the molecule is N#Cc1ccnc(Oc2ccc(Br)cc2C(=O)O)c1Cl. The third-order valence-electron chi connectivity index (χ3n) is 2.36. The minimum Gasteiger partial charge on any atom is -0.478 e. The lowest BCUT2D eigenvalue weighted by molar-refractivity contribution is 0.0694. The summed E-state index contributed by atoms with van der Waals surface area (Å²) in [7, 11) is 0. The Bertz CT molecular complexity index is 728. The molecule has 0 aliphatic carbocycles. The number of carbonyl (C=O) groups is 1. The van der Waals surface area contributed by atoms with Crippen LogP contribution in [0.2, 0.25) is 5.02 Å². The van der Waals surface area contributed by atoms with Gasteiger partial charge >= 0.3 is 5.97 Å². The van der Waals surface area contributed by atoms with Gasteiger partial charge in [-0.05, 0) is 24.3 Å². The number of hydrogen-bond acceptors (Lipinski definition) is 4. The monoisotopic (exact) mass is 352 g/mol. The van der Waals surface area contributed by atoms with E-state index in [-0.39, 0.29) is 27.8 Å². The summed E-state index contributed by atoms with van der Waals surface area (Å²) in [5.41, 5.74) is 0.158. The molecule has 7 heteroatoms. The largest absolute Gasteiger partial charge is 0.478 e. The fourth-order valence-corrected chi connectivity index (χ4v) is 2.00. The number of nitrogens with zero attached hydrogens (tertiary/aromatic N) is 2. The zero-order valence-corrected chi connectivity index (χ0v) is 12.1. The normalized spacial score (nSPS) is 9.85. The highest BCUT2D eigenvalue weighted by molar-refractivity contribution is 9.10. The van der Waals surface area contributed by atoms with Crippen molar-refractivity contribution in [2.75, 3.05) is 0 Å². The van der Waals surface area contributed by atoms with E-state index in [1.165, 1.54) is 24.4 Å². The van der Waals surface area contributed by atoms with Gasteiger partial charge in [0.05, 0.1) is 5.56 Å². The van der Waals surface area contributed by atoms with Crippen molar-refractivity contribution in [3.05, 3.63) is 51.1 Å². The smallest absolute Gasteiger partial charge is 0.339 e. The molecule has 0 atom stereocenters. The van der Waals surface area contributed by atoms with Crippen molar-refractivity contribution in [2.45, 2.75) is 0 Å². The lowest BCUT2D eigenvalue weighted by Crippen LogP contribution is -2.01. The maximum Gasteiger partial charge on any atom is 0.339 e. The number of rotatable bonds is 3. The fraction of sp³-hybridized carbons (Fsp3) is 0. The second kappa shape index (κ2) is 5.90. The Morgan fingerprint density at radius 3 is 2.85 bits per heavy atom. The Hall–Kier alpha value is -2.10. The molecule has 0 amide bonds. The topological polar surface area (TPSA) is 83.2 Å². The first-order valence-electron chi connectivity index (χ1n) is 5.28. The number of nitriles is 1. The number of ether oxygens (including phenoxy) is 1. The molecular weight excluding hydrogens is 348 g/mol. The lowest BCUT2D eigenvalue weighted by Gasteiger charge is -2.09. The van der Waals surface area contributed by atoms with E-state index in [0.29, 0.717) is 4.47 Å². The highest BCUT2D eigenvalue weighted by Gasteiger charge is 2.16. The van der Waals surface area contributed by atoms with Crippen LogP contribution in [-0.2, 0) is 0 Å². The molecule has 0 saturated heterocycles. The van der Waals surface area contributed by atoms with Crippen LogP contribution >= 0.6 is 27.5 Å². The number of carboxylic acid groups (broad SMARTS) is 1. The molecule has 2 rings (SSSR count). The molecule has 100 valence electrons. The lowest BCUT2D eigenvalue weighted by atomic mass is 10.2. The first-order valence-corrected chi connectivity index (χ1v) is 6.45. The van der Waals surface area contributed by atoms with Gasteiger partial charge in [-0.1, -0.05) is 27.5 Å². The molecule has 20 heavy (non-hydrogen) atoms. The quantitative estimate of drug-likeness (QED) is 0.906. The van der Waals surface area contributed by atoms with Crippen LogP contribution < -0.4 is 4.74 Å². The summed E-state index contributed by atoms with van der Waals surface area (Å²) in [6.45, 7) is 0. The van der Waals surface area contributed by atoms with Crippen molar-refractivity contribution < 1.29 is 14.6 Å². The number of benzene rings is 1. The molecule has 5 nitrogen and oxygen atoms in total. The third-order valence-corrected chi connectivity index (χ3v) is 3.21. The molecule has 1 aromatic heterocycles. The molecule has 0 fully saturated rings. The van der Waals surface area contributed by atoms with E-state index in [1.54, 1.807) is 6.07 Å². The average molecular weight is 354 g/mol. The predicted octanol–water partition coefficient (Wildman–Crippen LogP) is 3.86. The van der Waals surface area contributed by atoms with Crippen LogP contribution in [0.15, 0.2) is 34.9 Å². The molecule has 0 aliphatic rings. The molecule has 0 saturated carbocycles. The minimum atomic E-state index is -1.14. The van der Waals surface area contributed by atoms with Gasteiger partial charge in [-0.15, -0.1) is 0 Å². The number of aromatic nitrogens is 1. The van der Waals surface area contributed by atoms with Crippen LogP contribution in [-0.4, -0.2) is 16.1 Å². The van der Waals surface area contributed by atoms with Crippen LogP contribution in [0, 0.1) is 11.3 Å². The van der Waals surface area contributed by atoms with Gasteiger partial charge in [0.1, 0.15) is 22.4 Å². The molecule has 0 bridgehead atoms. The predicted molar refractivity (Wildman–Crippen MR) is 75.1 cm³/mol. The Morgan fingerprint density at radius 2 is 2.20 bits per heavy atom.